The summed E-state index contributed by atoms with van der Waals surface area (Å²) in [5.41, 5.74) is 8.06. The van der Waals surface area contributed by atoms with E-state index in [-0.39, 0.29) is 5.97 Å². The molecule has 0 unspecified atom stereocenters. The Kier molecular flexibility index (Phi) is 6.08. The topological polar surface area (TPSA) is 93.4 Å². The Morgan fingerprint density at radius 3 is 2.48 bits per heavy atom. The Hall–Kier alpha value is -2.45. The summed E-state index contributed by atoms with van der Waals surface area (Å²) in [6, 6.07) is 6.69. The van der Waals surface area contributed by atoms with Crippen molar-refractivity contribution in [1.29, 1.82) is 0 Å². The molecule has 1 aromatic carbocycles. The van der Waals surface area contributed by atoms with Gasteiger partial charge in [0.15, 0.2) is 5.11 Å². The number of esters is 1. The third-order valence-electron chi connectivity index (χ3n) is 4.47. The lowest BCUT2D eigenvalue weighted by molar-refractivity contribution is 0.0601. The quantitative estimate of drug-likeness (QED) is 0.409. The Balaban J connectivity index is 1.79. The number of carbonyl (C=O) groups excluding carboxylic acids is 2. The monoisotopic (exact) mass is 403 g/mol. The molecule has 0 fully saturated rings. The minimum absolute atomic E-state index is 0.342. The zero-order chi connectivity index (χ0) is 19.4. The predicted molar refractivity (Wildman–Crippen MR) is 112 cm³/mol. The Morgan fingerprint density at radius 2 is 1.81 bits per heavy atom. The van der Waals surface area contributed by atoms with Crippen LogP contribution < -0.4 is 16.4 Å². The van der Waals surface area contributed by atoms with Crippen molar-refractivity contribution in [1.82, 2.24) is 0 Å². The van der Waals surface area contributed by atoms with Gasteiger partial charge in [0.1, 0.15) is 5.00 Å². The van der Waals surface area contributed by atoms with E-state index in [1.165, 1.54) is 18.4 Å². The molecule has 1 heterocycles. The normalized spacial score (nSPS) is 13.2. The number of hydrogen-bond donors (Lipinski definition) is 3. The van der Waals surface area contributed by atoms with Crippen LogP contribution in [0, 0.1) is 0 Å². The molecular formula is C19H21N3O3S2. The highest BCUT2D eigenvalue weighted by atomic mass is 32.1. The van der Waals surface area contributed by atoms with E-state index in [4.69, 9.17) is 22.7 Å². The van der Waals surface area contributed by atoms with E-state index in [1.807, 2.05) is 0 Å². The number of fused-ring (bicyclic) bond motifs is 1. The number of thiophene rings is 1. The van der Waals surface area contributed by atoms with Crippen LogP contribution in [0.3, 0.4) is 0 Å². The third kappa shape index (κ3) is 4.45. The highest BCUT2D eigenvalue weighted by molar-refractivity contribution is 7.80. The SMILES string of the molecule is COC(=O)c1c(NC(=S)Nc2ccc(C(N)=O)cc2)sc2c1CCCCC2. The van der Waals surface area contributed by atoms with E-state index in [9.17, 15) is 9.59 Å². The fourth-order valence-corrected chi connectivity index (χ4v) is 4.70. The first-order chi connectivity index (χ1) is 13.0. The van der Waals surface area contributed by atoms with E-state index in [0.29, 0.717) is 21.2 Å². The number of thiocarbonyl (C=S) groups is 1. The molecule has 3 rings (SSSR count). The van der Waals surface area contributed by atoms with Gasteiger partial charge < -0.3 is 21.1 Å². The average molecular weight is 404 g/mol. The molecule has 0 saturated heterocycles. The van der Waals surface area contributed by atoms with Gasteiger partial charge in [-0.25, -0.2) is 4.79 Å². The van der Waals surface area contributed by atoms with Crippen molar-refractivity contribution < 1.29 is 14.3 Å². The molecule has 2 aromatic rings. The lowest BCUT2D eigenvalue weighted by atomic mass is 10.1. The smallest absolute Gasteiger partial charge is 0.341 e. The number of carbonyl (C=O) groups is 2. The molecule has 1 aliphatic rings. The van der Waals surface area contributed by atoms with Gasteiger partial charge in [-0.3, -0.25) is 4.79 Å². The number of rotatable bonds is 4. The van der Waals surface area contributed by atoms with Crippen molar-refractivity contribution >= 4 is 51.2 Å². The maximum atomic E-state index is 12.4. The number of anilines is 2. The summed E-state index contributed by atoms with van der Waals surface area (Å²) in [4.78, 5) is 24.7. The van der Waals surface area contributed by atoms with Crippen molar-refractivity contribution in [3.05, 3.63) is 45.8 Å². The summed E-state index contributed by atoms with van der Waals surface area (Å²) in [6.07, 6.45) is 5.23. The molecule has 0 atom stereocenters. The molecule has 27 heavy (non-hydrogen) atoms. The fourth-order valence-electron chi connectivity index (χ4n) is 3.13. The molecule has 142 valence electrons. The van der Waals surface area contributed by atoms with Crippen LogP contribution in [0.4, 0.5) is 10.7 Å². The first-order valence-corrected chi connectivity index (χ1v) is 9.92. The summed E-state index contributed by atoms with van der Waals surface area (Å²) in [6.45, 7) is 0. The maximum Gasteiger partial charge on any atom is 0.341 e. The number of ether oxygens (including phenoxy) is 1. The summed E-state index contributed by atoms with van der Waals surface area (Å²) in [5, 5.41) is 7.26. The van der Waals surface area contributed by atoms with Gasteiger partial charge in [0, 0.05) is 16.1 Å². The van der Waals surface area contributed by atoms with E-state index >= 15 is 0 Å². The van der Waals surface area contributed by atoms with Gasteiger partial charge in [-0.15, -0.1) is 11.3 Å². The molecule has 1 aromatic heterocycles. The average Bonchev–Trinajstić information content (AvgIpc) is 2.82. The number of aryl methyl sites for hydroxylation is 1. The summed E-state index contributed by atoms with van der Waals surface area (Å²) >= 11 is 6.96. The number of benzene rings is 1. The summed E-state index contributed by atoms with van der Waals surface area (Å²) in [7, 11) is 1.39. The summed E-state index contributed by atoms with van der Waals surface area (Å²) < 4.78 is 5.00. The second-order valence-corrected chi connectivity index (χ2v) is 7.79. The van der Waals surface area contributed by atoms with Crippen LogP contribution in [-0.4, -0.2) is 24.1 Å². The number of nitrogens with two attached hydrogens (primary N) is 1. The highest BCUT2D eigenvalue weighted by Gasteiger charge is 2.25. The van der Waals surface area contributed by atoms with Gasteiger partial charge in [0.2, 0.25) is 5.91 Å². The van der Waals surface area contributed by atoms with E-state index in [2.05, 4.69) is 10.6 Å². The highest BCUT2D eigenvalue weighted by Crippen LogP contribution is 2.38. The second kappa shape index (κ2) is 8.49. The van der Waals surface area contributed by atoms with Crippen molar-refractivity contribution in [2.75, 3.05) is 17.7 Å². The molecule has 1 amide bonds. The van der Waals surface area contributed by atoms with Crippen LogP contribution in [0.15, 0.2) is 24.3 Å². The van der Waals surface area contributed by atoms with Crippen LogP contribution in [-0.2, 0) is 17.6 Å². The van der Waals surface area contributed by atoms with Crippen LogP contribution in [0.25, 0.3) is 0 Å². The van der Waals surface area contributed by atoms with Gasteiger partial charge in [0.25, 0.3) is 0 Å². The fraction of sp³-hybridized carbons (Fsp3) is 0.316. The third-order valence-corrected chi connectivity index (χ3v) is 5.88. The molecule has 0 aliphatic heterocycles. The van der Waals surface area contributed by atoms with Crippen LogP contribution in [0.2, 0.25) is 0 Å². The standard InChI is InChI=1S/C19H21N3O3S2/c1-25-18(24)15-13-5-3-2-4-6-14(13)27-17(15)22-19(26)21-12-9-7-11(8-10-12)16(20)23/h7-10H,2-6H2,1H3,(H2,20,23)(H2,21,22,26). The molecule has 0 spiro atoms. The number of methoxy groups -OCH3 is 1. The summed E-state index contributed by atoms with van der Waals surface area (Å²) in [5.74, 6) is -0.824. The minimum Gasteiger partial charge on any atom is -0.465 e. The molecule has 4 N–H and O–H groups in total. The number of hydrogen-bond acceptors (Lipinski definition) is 5. The molecule has 0 bridgehead atoms. The minimum atomic E-state index is -0.481. The Labute approximate surface area is 167 Å². The molecule has 8 heteroatoms. The van der Waals surface area contributed by atoms with Crippen molar-refractivity contribution in [2.45, 2.75) is 32.1 Å². The molecule has 0 radical (unpaired) electrons. The Morgan fingerprint density at radius 1 is 1.11 bits per heavy atom. The zero-order valence-corrected chi connectivity index (χ0v) is 16.6. The Bertz CT molecular complexity index is 875. The van der Waals surface area contributed by atoms with E-state index in [0.717, 1.165) is 36.9 Å². The van der Waals surface area contributed by atoms with E-state index < -0.39 is 5.91 Å². The zero-order valence-electron chi connectivity index (χ0n) is 15.0. The molecule has 1 aliphatic carbocycles. The van der Waals surface area contributed by atoms with Crippen molar-refractivity contribution in [3.8, 4) is 0 Å². The van der Waals surface area contributed by atoms with Crippen LogP contribution >= 0.6 is 23.6 Å². The van der Waals surface area contributed by atoms with Crippen LogP contribution in [0.5, 0.6) is 0 Å². The largest absolute Gasteiger partial charge is 0.465 e. The lowest BCUT2D eigenvalue weighted by Gasteiger charge is -2.11. The van der Waals surface area contributed by atoms with Crippen molar-refractivity contribution in [3.63, 3.8) is 0 Å². The van der Waals surface area contributed by atoms with Gasteiger partial charge in [0.05, 0.1) is 12.7 Å². The van der Waals surface area contributed by atoms with E-state index in [1.54, 1.807) is 35.6 Å². The molecular weight excluding hydrogens is 382 g/mol. The van der Waals surface area contributed by atoms with Crippen molar-refractivity contribution in [2.24, 2.45) is 5.73 Å². The maximum absolute atomic E-state index is 12.4. The van der Waals surface area contributed by atoms with Gasteiger partial charge in [-0.05, 0) is 67.7 Å². The molecule has 6 nitrogen and oxygen atoms in total. The predicted octanol–water partition coefficient (Wildman–Crippen LogP) is 3.71. The number of nitrogens with one attached hydrogen (secondary N) is 2. The lowest BCUT2D eigenvalue weighted by Crippen LogP contribution is -2.20. The first kappa shape index (κ1) is 19.3. The number of primary amides is 1. The first-order valence-electron chi connectivity index (χ1n) is 8.70. The van der Waals surface area contributed by atoms with Crippen LogP contribution in [0.1, 0.15) is 50.4 Å². The molecule has 0 saturated carbocycles. The second-order valence-electron chi connectivity index (χ2n) is 6.28. The van der Waals surface area contributed by atoms with Gasteiger partial charge in [-0.1, -0.05) is 6.42 Å². The number of amides is 1. The van der Waals surface area contributed by atoms with Gasteiger partial charge in [-0.2, -0.15) is 0 Å². The van der Waals surface area contributed by atoms with Gasteiger partial charge >= 0.3 is 5.97 Å².